The number of rotatable bonds is 44. The summed E-state index contributed by atoms with van der Waals surface area (Å²) in [7, 11) is 5.41. The molecule has 0 fully saturated rings. The van der Waals surface area contributed by atoms with Gasteiger partial charge in [-0.25, -0.2) is 0 Å². The first-order valence-corrected chi connectivity index (χ1v) is 24.5. The number of unbranched alkanes of at least 4 members (excludes halogenated alkanes) is 25. The van der Waals surface area contributed by atoms with E-state index in [4.69, 9.17) is 14.2 Å². The highest BCUT2D eigenvalue weighted by molar-refractivity contribution is 5.70. The maximum atomic E-state index is 12.7. The fourth-order valence-corrected chi connectivity index (χ4v) is 7.17. The topological polar surface area (TPSA) is 102 Å². The van der Waals surface area contributed by atoms with Crippen LogP contribution in [0.2, 0.25) is 0 Å². The van der Waals surface area contributed by atoms with Gasteiger partial charge in [0.25, 0.3) is 0 Å². The maximum Gasteiger partial charge on any atom is 0.306 e. The number of quaternary nitrogens is 1. The predicted octanol–water partition coefficient (Wildman–Crippen LogP) is 12.5. The van der Waals surface area contributed by atoms with Gasteiger partial charge in [0, 0.05) is 19.3 Å². The van der Waals surface area contributed by atoms with Crippen molar-refractivity contribution in [1.82, 2.24) is 0 Å². The van der Waals surface area contributed by atoms with Gasteiger partial charge in [-0.15, -0.1) is 0 Å². The third kappa shape index (κ3) is 40.7. The van der Waals surface area contributed by atoms with Gasteiger partial charge in [-0.3, -0.25) is 9.59 Å². The number of carboxylic acids is 1. The Balaban J connectivity index is 4.27. The van der Waals surface area contributed by atoms with Crippen molar-refractivity contribution in [3.8, 4) is 0 Å². The highest BCUT2D eigenvalue weighted by Gasteiger charge is 2.25. The summed E-state index contributed by atoms with van der Waals surface area (Å²) >= 11 is 0. The molecule has 0 aliphatic heterocycles. The second-order valence-corrected chi connectivity index (χ2v) is 17.7. The summed E-state index contributed by atoms with van der Waals surface area (Å²) in [6.45, 7) is 4.63. The van der Waals surface area contributed by atoms with E-state index in [-0.39, 0.29) is 42.7 Å². The van der Waals surface area contributed by atoms with Crippen molar-refractivity contribution >= 4 is 17.9 Å². The molecule has 0 N–H and O–H groups in total. The van der Waals surface area contributed by atoms with Crippen molar-refractivity contribution in [2.75, 3.05) is 41.0 Å². The lowest BCUT2D eigenvalue weighted by molar-refractivity contribution is -0.889. The molecule has 8 nitrogen and oxygen atoms in total. The second-order valence-electron chi connectivity index (χ2n) is 17.7. The molecule has 0 bridgehead atoms. The number of nitrogens with zero attached hydrogens (tertiary/aromatic N) is 1. The Kier molecular flexibility index (Phi) is 40.5. The van der Waals surface area contributed by atoms with Crippen LogP contribution < -0.4 is 5.11 Å². The number of likely N-dealkylation sites (N-methyl/N-ethyl adjacent to an activating group) is 1. The molecule has 0 saturated heterocycles. The normalized spacial score (nSPS) is 13.2. The van der Waals surface area contributed by atoms with E-state index >= 15 is 0 Å². The zero-order valence-corrected chi connectivity index (χ0v) is 39.2. The molecule has 0 saturated carbocycles. The zero-order chi connectivity index (χ0) is 43.5. The number of aliphatic carboxylic acids is 1. The van der Waals surface area contributed by atoms with Gasteiger partial charge < -0.3 is 28.6 Å². The van der Waals surface area contributed by atoms with E-state index in [9.17, 15) is 19.5 Å². The number of carbonyl (C=O) groups excluding carboxylic acids is 3. The van der Waals surface area contributed by atoms with Gasteiger partial charge >= 0.3 is 11.9 Å². The summed E-state index contributed by atoms with van der Waals surface area (Å²) in [5.74, 6) is -1.75. The lowest BCUT2D eigenvalue weighted by atomic mass is 10.1. The fourth-order valence-electron chi connectivity index (χ4n) is 7.17. The van der Waals surface area contributed by atoms with Crippen LogP contribution in [0.4, 0.5) is 0 Å². The molecule has 8 heteroatoms. The summed E-state index contributed by atoms with van der Waals surface area (Å²) < 4.78 is 17.2. The Hall–Kier alpha value is -2.45. The highest BCUT2D eigenvalue weighted by Crippen LogP contribution is 2.15. The Bertz CT molecular complexity index is 1060. The molecule has 0 heterocycles. The van der Waals surface area contributed by atoms with E-state index in [1.165, 1.54) is 128 Å². The molecule has 0 rings (SSSR count). The third-order valence-electron chi connectivity index (χ3n) is 11.0. The Morgan fingerprint density at radius 3 is 1.36 bits per heavy atom. The minimum atomic E-state index is -1.13. The Morgan fingerprint density at radius 2 is 0.898 bits per heavy atom. The number of allylic oxidation sites excluding steroid dienone is 6. The van der Waals surface area contributed by atoms with Gasteiger partial charge in [-0.1, -0.05) is 172 Å². The monoisotopic (exact) mass is 832 g/mol. The van der Waals surface area contributed by atoms with Crippen LogP contribution in [0, 0.1) is 0 Å². The number of esters is 2. The third-order valence-corrected chi connectivity index (χ3v) is 11.0. The lowest BCUT2D eigenvalue weighted by Gasteiger charge is -2.34. The van der Waals surface area contributed by atoms with Crippen molar-refractivity contribution in [3.63, 3.8) is 0 Å². The van der Waals surface area contributed by atoms with Crippen molar-refractivity contribution in [1.29, 1.82) is 0 Å². The van der Waals surface area contributed by atoms with Gasteiger partial charge in [0.2, 0.25) is 0 Å². The summed E-state index contributed by atoms with van der Waals surface area (Å²) in [5, 5.41) is 11.6. The first-order valence-electron chi connectivity index (χ1n) is 24.5. The molecular weight excluding hydrogens is 739 g/mol. The molecule has 344 valence electrons. The molecule has 0 aliphatic rings. The van der Waals surface area contributed by atoms with E-state index in [1.54, 1.807) is 21.1 Å². The van der Waals surface area contributed by atoms with Crippen LogP contribution in [-0.2, 0) is 28.6 Å². The number of hydrogen-bond acceptors (Lipinski definition) is 7. The van der Waals surface area contributed by atoms with Crippen LogP contribution >= 0.6 is 0 Å². The van der Waals surface area contributed by atoms with Crippen LogP contribution in [0.3, 0.4) is 0 Å². The van der Waals surface area contributed by atoms with E-state index in [0.29, 0.717) is 12.8 Å². The zero-order valence-electron chi connectivity index (χ0n) is 39.2. The molecule has 2 unspecified atom stereocenters. The maximum absolute atomic E-state index is 12.7. The Labute approximate surface area is 364 Å². The number of carboxylic acid groups (broad SMARTS) is 1. The highest BCUT2D eigenvalue weighted by atomic mass is 16.6. The van der Waals surface area contributed by atoms with Crippen molar-refractivity contribution < 1.29 is 38.2 Å². The van der Waals surface area contributed by atoms with Crippen molar-refractivity contribution in [2.45, 2.75) is 231 Å². The van der Waals surface area contributed by atoms with Gasteiger partial charge in [-0.05, 0) is 64.2 Å². The number of hydrogen-bond donors (Lipinski definition) is 0. The number of ether oxygens (including phenoxy) is 3. The van der Waals surface area contributed by atoms with E-state index in [1.807, 2.05) is 0 Å². The molecule has 0 radical (unpaired) electrons. The van der Waals surface area contributed by atoms with Gasteiger partial charge in [0.1, 0.15) is 12.6 Å². The number of carbonyl (C=O) groups is 3. The van der Waals surface area contributed by atoms with Crippen LogP contribution in [0.15, 0.2) is 36.5 Å². The second kappa shape index (κ2) is 42.2. The quantitative estimate of drug-likeness (QED) is 0.0198. The fraction of sp³-hybridized carbons (Fsp3) is 0.824. The predicted molar refractivity (Wildman–Crippen MR) is 245 cm³/mol. The first kappa shape index (κ1) is 56.5. The molecule has 0 amide bonds. The molecule has 2 atom stereocenters. The molecule has 0 spiro atoms. The van der Waals surface area contributed by atoms with Crippen LogP contribution in [0.5, 0.6) is 0 Å². The molecule has 0 aromatic carbocycles. The van der Waals surface area contributed by atoms with Crippen molar-refractivity contribution in [2.24, 2.45) is 0 Å². The molecule has 0 aromatic heterocycles. The van der Waals surface area contributed by atoms with E-state index in [2.05, 4.69) is 50.3 Å². The minimum Gasteiger partial charge on any atom is -0.544 e. The smallest absolute Gasteiger partial charge is 0.306 e. The lowest BCUT2D eigenvalue weighted by Crippen LogP contribution is -2.55. The average molecular weight is 832 g/mol. The van der Waals surface area contributed by atoms with Gasteiger partial charge in [0.05, 0.1) is 40.3 Å². The minimum absolute atomic E-state index is 0.0358. The molecular formula is C51H93NO7. The molecule has 59 heavy (non-hydrogen) atoms. The van der Waals surface area contributed by atoms with Crippen LogP contribution in [0.25, 0.3) is 0 Å². The van der Waals surface area contributed by atoms with Gasteiger partial charge in [0.15, 0.2) is 6.10 Å². The van der Waals surface area contributed by atoms with E-state index < -0.39 is 18.1 Å². The average Bonchev–Trinajstić information content (AvgIpc) is 3.19. The standard InChI is InChI=1S/C51H93NO7/c1-6-8-10-12-14-16-18-20-22-23-24-25-26-28-29-31-33-35-37-39-41-49(53)58-46-47(45-57-44-43-48(51(55)56)52(3,4)5)59-50(54)42-40-38-36-34-32-30-27-21-19-17-15-13-11-9-7-2/h15,17,19,21,24-25,47-48H,6-14,16,18,20,22-23,26-46H2,1-5H3/b17-15+,21-19+,25-24+. The van der Waals surface area contributed by atoms with Crippen LogP contribution in [-0.4, -0.2) is 75.5 Å². The molecule has 0 aliphatic carbocycles. The summed E-state index contributed by atoms with van der Waals surface area (Å²) in [6, 6.07) is -0.728. The Morgan fingerprint density at radius 1 is 0.508 bits per heavy atom. The largest absolute Gasteiger partial charge is 0.544 e. The molecule has 0 aromatic rings. The van der Waals surface area contributed by atoms with Gasteiger partial charge in [-0.2, -0.15) is 0 Å². The first-order chi connectivity index (χ1) is 28.6. The van der Waals surface area contributed by atoms with Crippen molar-refractivity contribution in [3.05, 3.63) is 36.5 Å². The van der Waals surface area contributed by atoms with E-state index in [0.717, 1.165) is 57.8 Å². The van der Waals surface area contributed by atoms with Crippen LogP contribution in [0.1, 0.15) is 219 Å². The summed E-state index contributed by atoms with van der Waals surface area (Å²) in [6.07, 6.45) is 48.8. The summed E-state index contributed by atoms with van der Waals surface area (Å²) in [5.41, 5.74) is 0. The SMILES string of the molecule is CCCCC/C=C/C=C/CCCCCCCCC(=O)OC(COCCC(C(=O)[O-])[N+](C)(C)C)COC(=O)CCCCCCCCC/C=C/CCCCCCCCCCC. The summed E-state index contributed by atoms with van der Waals surface area (Å²) in [4.78, 5) is 36.9.